The number of urea groups is 1. The summed E-state index contributed by atoms with van der Waals surface area (Å²) in [6.07, 6.45) is 0. The molecule has 0 aromatic heterocycles. The lowest BCUT2D eigenvalue weighted by atomic mass is 10.1. The number of nitro groups is 1. The molecule has 3 N–H and O–H groups in total. The van der Waals surface area contributed by atoms with Crippen molar-refractivity contribution < 1.29 is 9.72 Å². The molecule has 0 fully saturated rings. The Labute approximate surface area is 101 Å². The minimum absolute atomic E-state index is 0.0365. The van der Waals surface area contributed by atoms with Gasteiger partial charge in [-0.25, -0.2) is 10.2 Å². The molecular formula is C9H9ClN4O3. The van der Waals surface area contributed by atoms with Gasteiger partial charge >= 0.3 is 6.03 Å². The van der Waals surface area contributed by atoms with E-state index in [0.717, 1.165) is 0 Å². The van der Waals surface area contributed by atoms with Gasteiger partial charge in [-0.1, -0.05) is 17.7 Å². The zero-order valence-corrected chi connectivity index (χ0v) is 9.56. The second-order valence-corrected chi connectivity index (χ2v) is 3.50. The second kappa shape index (κ2) is 5.26. The maximum absolute atomic E-state index is 10.7. The van der Waals surface area contributed by atoms with Crippen molar-refractivity contribution in [3.8, 4) is 0 Å². The molecule has 1 rings (SSSR count). The molecule has 7 nitrogen and oxygen atoms in total. The van der Waals surface area contributed by atoms with Crippen LogP contribution in [0.15, 0.2) is 23.3 Å². The van der Waals surface area contributed by atoms with Gasteiger partial charge in [-0.2, -0.15) is 5.10 Å². The van der Waals surface area contributed by atoms with E-state index >= 15 is 0 Å². The van der Waals surface area contributed by atoms with Crippen LogP contribution >= 0.6 is 11.6 Å². The molecule has 0 radical (unpaired) electrons. The van der Waals surface area contributed by atoms with Gasteiger partial charge in [-0.15, -0.1) is 0 Å². The van der Waals surface area contributed by atoms with Gasteiger partial charge in [0.05, 0.1) is 10.6 Å². The quantitative estimate of drug-likeness (QED) is 0.487. The van der Waals surface area contributed by atoms with E-state index in [-0.39, 0.29) is 10.7 Å². The van der Waals surface area contributed by atoms with Crippen molar-refractivity contribution in [2.45, 2.75) is 6.92 Å². The summed E-state index contributed by atoms with van der Waals surface area (Å²) in [4.78, 5) is 20.5. The number of rotatable bonds is 3. The number of nitrogens with one attached hydrogen (secondary N) is 1. The van der Waals surface area contributed by atoms with Gasteiger partial charge < -0.3 is 5.73 Å². The van der Waals surface area contributed by atoms with Crippen molar-refractivity contribution in [2.75, 3.05) is 0 Å². The Morgan fingerprint density at radius 3 is 2.76 bits per heavy atom. The van der Waals surface area contributed by atoms with E-state index in [1.807, 2.05) is 5.43 Å². The van der Waals surface area contributed by atoms with Gasteiger partial charge in [0, 0.05) is 11.6 Å². The van der Waals surface area contributed by atoms with Crippen LogP contribution in [-0.4, -0.2) is 16.7 Å². The molecule has 17 heavy (non-hydrogen) atoms. The Morgan fingerprint density at radius 2 is 2.24 bits per heavy atom. The lowest BCUT2D eigenvalue weighted by Gasteiger charge is -2.02. The van der Waals surface area contributed by atoms with Gasteiger partial charge in [-0.3, -0.25) is 10.1 Å². The largest absolute Gasteiger partial charge is 0.350 e. The number of hydrogen-bond donors (Lipinski definition) is 2. The number of carbonyl (C=O) groups is 1. The van der Waals surface area contributed by atoms with Gasteiger partial charge in [0.1, 0.15) is 5.02 Å². The van der Waals surface area contributed by atoms with Gasteiger partial charge in [0.25, 0.3) is 5.69 Å². The third kappa shape index (κ3) is 3.42. The molecule has 0 saturated heterocycles. The van der Waals surface area contributed by atoms with Crippen molar-refractivity contribution in [3.63, 3.8) is 0 Å². The summed E-state index contributed by atoms with van der Waals surface area (Å²) >= 11 is 5.65. The average Bonchev–Trinajstić information content (AvgIpc) is 2.26. The molecule has 0 unspecified atom stereocenters. The summed E-state index contributed by atoms with van der Waals surface area (Å²) in [5.74, 6) is 0. The molecule has 0 spiro atoms. The maximum atomic E-state index is 10.7. The lowest BCUT2D eigenvalue weighted by molar-refractivity contribution is -0.384. The van der Waals surface area contributed by atoms with Crippen LogP contribution in [0.4, 0.5) is 10.5 Å². The SMILES string of the molecule is C/C(=N/NC(N)=O)c1ccc(Cl)c([N+](=O)[O-])c1. The van der Waals surface area contributed by atoms with E-state index in [1.54, 1.807) is 13.0 Å². The first-order valence-electron chi connectivity index (χ1n) is 4.46. The lowest BCUT2D eigenvalue weighted by Crippen LogP contribution is -2.25. The van der Waals surface area contributed by atoms with Crippen molar-refractivity contribution in [2.24, 2.45) is 10.8 Å². The molecule has 0 atom stereocenters. The average molecular weight is 257 g/mol. The number of nitrogens with zero attached hydrogens (tertiary/aromatic N) is 2. The Bertz CT molecular complexity index is 501. The van der Waals surface area contributed by atoms with E-state index in [9.17, 15) is 14.9 Å². The molecule has 1 aromatic carbocycles. The fraction of sp³-hybridized carbons (Fsp3) is 0.111. The Balaban J connectivity index is 3.07. The van der Waals surface area contributed by atoms with Gasteiger partial charge in [0.15, 0.2) is 0 Å². The highest BCUT2D eigenvalue weighted by atomic mass is 35.5. The standard InChI is InChI=1S/C9H9ClN4O3/c1-5(12-13-9(11)15)6-2-3-7(10)8(4-6)14(16)17/h2-4H,1H3,(H3,11,13,15)/b12-5-. The minimum Gasteiger partial charge on any atom is -0.350 e. The molecule has 8 heteroatoms. The number of amides is 2. The van der Waals surface area contributed by atoms with Crippen molar-refractivity contribution in [3.05, 3.63) is 38.9 Å². The number of carbonyl (C=O) groups excluding carboxylic acids is 1. The fourth-order valence-corrected chi connectivity index (χ4v) is 1.27. The molecule has 2 amide bonds. The van der Waals surface area contributed by atoms with E-state index in [4.69, 9.17) is 17.3 Å². The summed E-state index contributed by atoms with van der Waals surface area (Å²) in [6.45, 7) is 1.57. The Hall–Kier alpha value is -2.15. The van der Waals surface area contributed by atoms with E-state index in [2.05, 4.69) is 5.10 Å². The normalized spacial score (nSPS) is 11.1. The van der Waals surface area contributed by atoms with Crippen LogP contribution in [0.5, 0.6) is 0 Å². The van der Waals surface area contributed by atoms with Crippen LogP contribution < -0.4 is 11.2 Å². The van der Waals surface area contributed by atoms with E-state index < -0.39 is 11.0 Å². The van der Waals surface area contributed by atoms with Crippen LogP contribution in [0.3, 0.4) is 0 Å². The molecule has 0 bridgehead atoms. The smallest absolute Gasteiger partial charge is 0.332 e. The minimum atomic E-state index is -0.812. The van der Waals surface area contributed by atoms with Gasteiger partial charge in [0.2, 0.25) is 0 Å². The predicted molar refractivity (Wildman–Crippen MR) is 63.0 cm³/mol. The highest BCUT2D eigenvalue weighted by Crippen LogP contribution is 2.25. The zero-order chi connectivity index (χ0) is 13.0. The highest BCUT2D eigenvalue weighted by molar-refractivity contribution is 6.32. The van der Waals surface area contributed by atoms with E-state index in [0.29, 0.717) is 11.3 Å². The third-order valence-electron chi connectivity index (χ3n) is 1.89. The summed E-state index contributed by atoms with van der Waals surface area (Å²) in [5, 5.41) is 14.3. The second-order valence-electron chi connectivity index (χ2n) is 3.10. The van der Waals surface area contributed by atoms with Crippen LogP contribution in [0.25, 0.3) is 0 Å². The maximum Gasteiger partial charge on any atom is 0.332 e. The first-order chi connectivity index (χ1) is 7.91. The van der Waals surface area contributed by atoms with Crippen LogP contribution in [0.1, 0.15) is 12.5 Å². The highest BCUT2D eigenvalue weighted by Gasteiger charge is 2.13. The Kier molecular flexibility index (Phi) is 4.00. The van der Waals surface area contributed by atoms with Crippen LogP contribution in [0, 0.1) is 10.1 Å². The number of nitrogens with two attached hydrogens (primary N) is 1. The van der Waals surface area contributed by atoms with Crippen molar-refractivity contribution in [1.29, 1.82) is 0 Å². The number of nitro benzene ring substituents is 1. The molecule has 0 heterocycles. The van der Waals surface area contributed by atoms with Crippen molar-refractivity contribution in [1.82, 2.24) is 5.43 Å². The Morgan fingerprint density at radius 1 is 1.59 bits per heavy atom. The van der Waals surface area contributed by atoms with Crippen LogP contribution in [0.2, 0.25) is 5.02 Å². The molecule has 0 aliphatic carbocycles. The number of hydrazone groups is 1. The molecule has 0 aliphatic heterocycles. The first kappa shape index (κ1) is 12.9. The number of benzene rings is 1. The monoisotopic (exact) mass is 256 g/mol. The molecular weight excluding hydrogens is 248 g/mol. The summed E-state index contributed by atoms with van der Waals surface area (Å²) in [6, 6.07) is 3.40. The molecule has 0 saturated carbocycles. The zero-order valence-electron chi connectivity index (χ0n) is 8.81. The van der Waals surface area contributed by atoms with Crippen LogP contribution in [-0.2, 0) is 0 Å². The number of hydrogen-bond acceptors (Lipinski definition) is 4. The molecule has 1 aromatic rings. The summed E-state index contributed by atoms with van der Waals surface area (Å²) in [7, 11) is 0. The fourth-order valence-electron chi connectivity index (χ4n) is 1.08. The molecule has 0 aliphatic rings. The molecule has 90 valence electrons. The third-order valence-corrected chi connectivity index (χ3v) is 2.21. The van der Waals surface area contributed by atoms with Gasteiger partial charge in [-0.05, 0) is 13.0 Å². The van der Waals surface area contributed by atoms with Crippen molar-refractivity contribution >= 4 is 29.0 Å². The topological polar surface area (TPSA) is 111 Å². The number of primary amides is 1. The number of halogens is 1. The summed E-state index contributed by atoms with van der Waals surface area (Å²) in [5.41, 5.74) is 7.49. The predicted octanol–water partition coefficient (Wildman–Crippen LogP) is 1.64. The first-order valence-corrected chi connectivity index (χ1v) is 4.83. The van der Waals surface area contributed by atoms with E-state index in [1.165, 1.54) is 12.1 Å². The summed E-state index contributed by atoms with van der Waals surface area (Å²) < 4.78 is 0.